The van der Waals surface area contributed by atoms with E-state index in [0.29, 0.717) is 19.5 Å². The number of rotatable bonds is 7. The van der Waals surface area contributed by atoms with E-state index in [2.05, 4.69) is 10.4 Å². The molecule has 0 unspecified atom stereocenters. The molecule has 0 spiro atoms. The molecule has 0 bridgehead atoms. The van der Waals surface area contributed by atoms with Crippen LogP contribution in [0.4, 0.5) is 0 Å². The Hall–Kier alpha value is -3.21. The molecule has 5 nitrogen and oxygen atoms in total. The summed E-state index contributed by atoms with van der Waals surface area (Å²) in [5.41, 5.74) is 1.78. The molecule has 0 saturated carbocycles. The first-order chi connectivity index (χ1) is 12.8. The van der Waals surface area contributed by atoms with E-state index in [0.717, 1.165) is 11.1 Å². The SMILES string of the molecule is O=C(NCCCn1ncccc1=O)C(c1ccccc1)c1ccccc1. The molecule has 3 rings (SSSR count). The van der Waals surface area contributed by atoms with Crippen LogP contribution in [0, 0.1) is 0 Å². The molecule has 1 amide bonds. The fraction of sp³-hybridized carbons (Fsp3) is 0.190. The molecule has 0 atom stereocenters. The van der Waals surface area contributed by atoms with Gasteiger partial charge in [0, 0.05) is 25.4 Å². The monoisotopic (exact) mass is 347 g/mol. The first-order valence-corrected chi connectivity index (χ1v) is 8.65. The van der Waals surface area contributed by atoms with E-state index in [1.165, 1.54) is 10.7 Å². The summed E-state index contributed by atoms with van der Waals surface area (Å²) < 4.78 is 1.40. The van der Waals surface area contributed by atoms with Crippen LogP contribution in [0.1, 0.15) is 23.5 Å². The largest absolute Gasteiger partial charge is 0.355 e. The van der Waals surface area contributed by atoms with Crippen molar-refractivity contribution in [3.8, 4) is 0 Å². The number of nitrogens with zero attached hydrogens (tertiary/aromatic N) is 2. The number of hydrogen-bond donors (Lipinski definition) is 1. The number of aryl methyl sites for hydroxylation is 1. The standard InChI is InChI=1S/C21H21N3O2/c25-19-13-7-15-23-24(19)16-8-14-22-21(26)20(17-9-3-1-4-10-17)18-11-5-2-6-12-18/h1-7,9-13,15,20H,8,14,16H2,(H,22,26). The van der Waals surface area contributed by atoms with Gasteiger partial charge in [-0.3, -0.25) is 9.59 Å². The highest BCUT2D eigenvalue weighted by Gasteiger charge is 2.21. The van der Waals surface area contributed by atoms with E-state index < -0.39 is 0 Å². The average molecular weight is 347 g/mol. The number of aromatic nitrogens is 2. The number of nitrogens with one attached hydrogen (secondary N) is 1. The maximum absolute atomic E-state index is 12.8. The van der Waals surface area contributed by atoms with Crippen molar-refractivity contribution in [1.82, 2.24) is 15.1 Å². The molecule has 132 valence electrons. The normalized spacial score (nSPS) is 10.7. The fourth-order valence-corrected chi connectivity index (χ4v) is 2.88. The van der Waals surface area contributed by atoms with Crippen LogP contribution >= 0.6 is 0 Å². The summed E-state index contributed by atoms with van der Waals surface area (Å²) in [5.74, 6) is -0.397. The quantitative estimate of drug-likeness (QED) is 0.668. The zero-order valence-electron chi connectivity index (χ0n) is 14.4. The lowest BCUT2D eigenvalue weighted by Gasteiger charge is -2.18. The maximum atomic E-state index is 12.8. The van der Waals surface area contributed by atoms with Gasteiger partial charge in [-0.2, -0.15) is 5.10 Å². The van der Waals surface area contributed by atoms with Crippen molar-refractivity contribution in [2.24, 2.45) is 0 Å². The summed E-state index contributed by atoms with van der Waals surface area (Å²) in [6, 6.07) is 22.6. The van der Waals surface area contributed by atoms with Gasteiger partial charge in [0.05, 0.1) is 5.92 Å². The highest BCUT2D eigenvalue weighted by Crippen LogP contribution is 2.24. The van der Waals surface area contributed by atoms with Crippen LogP contribution in [0.5, 0.6) is 0 Å². The van der Waals surface area contributed by atoms with E-state index in [9.17, 15) is 9.59 Å². The Labute approximate surface area is 152 Å². The Kier molecular flexibility index (Phi) is 5.93. The van der Waals surface area contributed by atoms with Gasteiger partial charge >= 0.3 is 0 Å². The highest BCUT2D eigenvalue weighted by molar-refractivity contribution is 5.87. The van der Waals surface area contributed by atoms with Crippen molar-refractivity contribution in [3.05, 3.63) is 100 Å². The second kappa shape index (κ2) is 8.76. The summed E-state index contributed by atoms with van der Waals surface area (Å²) in [4.78, 5) is 24.5. The summed E-state index contributed by atoms with van der Waals surface area (Å²) in [6.45, 7) is 0.958. The van der Waals surface area contributed by atoms with Crippen LogP contribution in [0.25, 0.3) is 0 Å². The molecule has 1 heterocycles. The Bertz CT molecular complexity index is 852. The van der Waals surface area contributed by atoms with Crippen molar-refractivity contribution >= 4 is 5.91 Å². The first-order valence-electron chi connectivity index (χ1n) is 8.65. The van der Waals surface area contributed by atoms with E-state index in [1.807, 2.05) is 60.7 Å². The Balaban J connectivity index is 1.65. The van der Waals surface area contributed by atoms with Gasteiger partial charge in [0.15, 0.2) is 0 Å². The van der Waals surface area contributed by atoms with Crippen LogP contribution in [0.3, 0.4) is 0 Å². The molecule has 0 radical (unpaired) electrons. The summed E-state index contributed by atoms with van der Waals surface area (Å²) in [7, 11) is 0. The van der Waals surface area contributed by atoms with Crippen LogP contribution in [-0.2, 0) is 11.3 Å². The molecule has 0 fully saturated rings. The van der Waals surface area contributed by atoms with Gasteiger partial charge in [-0.15, -0.1) is 0 Å². The molecule has 0 aliphatic heterocycles. The number of carbonyl (C=O) groups excluding carboxylic acids is 1. The van der Waals surface area contributed by atoms with Gasteiger partial charge in [0.2, 0.25) is 5.91 Å². The van der Waals surface area contributed by atoms with E-state index in [-0.39, 0.29) is 17.4 Å². The smallest absolute Gasteiger partial charge is 0.266 e. The Morgan fingerprint density at radius 2 is 1.54 bits per heavy atom. The van der Waals surface area contributed by atoms with E-state index in [4.69, 9.17) is 0 Å². The summed E-state index contributed by atoms with van der Waals surface area (Å²) >= 11 is 0. The third-order valence-corrected chi connectivity index (χ3v) is 4.16. The van der Waals surface area contributed by atoms with Gasteiger partial charge in [0.1, 0.15) is 0 Å². The lowest BCUT2D eigenvalue weighted by molar-refractivity contribution is -0.121. The topological polar surface area (TPSA) is 64.0 Å². The third kappa shape index (κ3) is 4.45. The molecule has 0 aliphatic rings. The Morgan fingerprint density at radius 3 is 2.12 bits per heavy atom. The molecule has 26 heavy (non-hydrogen) atoms. The van der Waals surface area contributed by atoms with Crippen LogP contribution < -0.4 is 10.9 Å². The van der Waals surface area contributed by atoms with Crippen LogP contribution in [-0.4, -0.2) is 22.2 Å². The van der Waals surface area contributed by atoms with Gasteiger partial charge in [-0.25, -0.2) is 4.68 Å². The van der Waals surface area contributed by atoms with E-state index >= 15 is 0 Å². The maximum Gasteiger partial charge on any atom is 0.266 e. The zero-order chi connectivity index (χ0) is 18.2. The molecule has 0 saturated heterocycles. The number of amides is 1. The second-order valence-electron chi connectivity index (χ2n) is 5.98. The van der Waals surface area contributed by atoms with Crippen molar-refractivity contribution < 1.29 is 4.79 Å². The highest BCUT2D eigenvalue weighted by atomic mass is 16.2. The number of benzene rings is 2. The predicted octanol–water partition coefficient (Wildman–Crippen LogP) is 2.58. The first kappa shape index (κ1) is 17.6. The van der Waals surface area contributed by atoms with Gasteiger partial charge < -0.3 is 5.32 Å². The number of carbonyl (C=O) groups is 1. The summed E-state index contributed by atoms with van der Waals surface area (Å²) in [5, 5.41) is 7.00. The molecular formula is C21H21N3O2. The lowest BCUT2D eigenvalue weighted by Crippen LogP contribution is -2.32. The van der Waals surface area contributed by atoms with Crippen molar-refractivity contribution in [2.45, 2.75) is 18.9 Å². The molecule has 1 N–H and O–H groups in total. The molecular weight excluding hydrogens is 326 g/mol. The average Bonchev–Trinajstić information content (AvgIpc) is 2.68. The Morgan fingerprint density at radius 1 is 0.923 bits per heavy atom. The lowest BCUT2D eigenvalue weighted by atomic mass is 9.90. The second-order valence-corrected chi connectivity index (χ2v) is 5.98. The van der Waals surface area contributed by atoms with Gasteiger partial charge in [-0.05, 0) is 23.6 Å². The minimum Gasteiger partial charge on any atom is -0.355 e. The zero-order valence-corrected chi connectivity index (χ0v) is 14.4. The summed E-state index contributed by atoms with van der Waals surface area (Å²) in [6.07, 6.45) is 2.22. The third-order valence-electron chi connectivity index (χ3n) is 4.16. The van der Waals surface area contributed by atoms with Crippen LogP contribution in [0.15, 0.2) is 83.8 Å². The molecule has 5 heteroatoms. The van der Waals surface area contributed by atoms with Crippen molar-refractivity contribution in [1.29, 1.82) is 0 Å². The van der Waals surface area contributed by atoms with Crippen LogP contribution in [0.2, 0.25) is 0 Å². The van der Waals surface area contributed by atoms with Crippen molar-refractivity contribution in [3.63, 3.8) is 0 Å². The molecule has 1 aromatic heterocycles. The number of hydrogen-bond acceptors (Lipinski definition) is 3. The molecule has 0 aliphatic carbocycles. The minimum absolute atomic E-state index is 0.0456. The van der Waals surface area contributed by atoms with Crippen molar-refractivity contribution in [2.75, 3.05) is 6.54 Å². The minimum atomic E-state index is -0.352. The predicted molar refractivity (Wildman–Crippen MR) is 101 cm³/mol. The molecule has 3 aromatic rings. The molecule has 2 aromatic carbocycles. The fourth-order valence-electron chi connectivity index (χ4n) is 2.88. The van der Waals surface area contributed by atoms with Gasteiger partial charge in [-0.1, -0.05) is 60.7 Å². The van der Waals surface area contributed by atoms with E-state index in [1.54, 1.807) is 12.3 Å². The van der Waals surface area contributed by atoms with Gasteiger partial charge in [0.25, 0.3) is 5.56 Å².